The Morgan fingerprint density at radius 1 is 1.50 bits per heavy atom. The second-order valence-corrected chi connectivity index (χ2v) is 5.64. The number of thioether (sulfide) groups is 1. The summed E-state index contributed by atoms with van der Waals surface area (Å²) in [4.78, 5) is 0. The third kappa shape index (κ3) is 4.62. The van der Waals surface area contributed by atoms with Gasteiger partial charge in [0.25, 0.3) is 0 Å². The van der Waals surface area contributed by atoms with E-state index < -0.39 is 0 Å². The summed E-state index contributed by atoms with van der Waals surface area (Å²) in [6, 6.07) is 1.15. The van der Waals surface area contributed by atoms with Gasteiger partial charge in [-0.2, -0.15) is 11.8 Å². The highest BCUT2D eigenvalue weighted by Gasteiger charge is 2.27. The first kappa shape index (κ1) is 14.3. The molecule has 0 heterocycles. The number of nitrogens with two attached hydrogens (primary N) is 1. The van der Waals surface area contributed by atoms with E-state index in [1.807, 2.05) is 11.8 Å². The van der Waals surface area contributed by atoms with E-state index in [4.69, 9.17) is 10.5 Å². The second kappa shape index (κ2) is 8.34. The maximum absolute atomic E-state index is 5.56. The quantitative estimate of drug-likeness (QED) is 0.683. The van der Waals surface area contributed by atoms with Crippen LogP contribution in [0.25, 0.3) is 0 Å². The predicted molar refractivity (Wildman–Crippen MR) is 72.0 cm³/mol. The zero-order valence-corrected chi connectivity index (χ0v) is 11.4. The summed E-state index contributed by atoms with van der Waals surface area (Å²) in [7, 11) is 1.78. The molecule has 0 radical (unpaired) electrons. The Morgan fingerprint density at radius 3 is 2.94 bits per heavy atom. The minimum atomic E-state index is 0.478. The maximum Gasteiger partial charge on any atom is 0.0615 e. The molecule has 1 rings (SSSR count). The summed E-state index contributed by atoms with van der Waals surface area (Å²) in [5, 5.41) is 4.54. The maximum atomic E-state index is 5.56. The van der Waals surface area contributed by atoms with Crippen LogP contribution in [0.15, 0.2) is 0 Å². The molecule has 0 aromatic carbocycles. The molecule has 3 N–H and O–H groups in total. The van der Waals surface area contributed by atoms with Crippen molar-refractivity contribution in [3.05, 3.63) is 0 Å². The van der Waals surface area contributed by atoms with E-state index in [2.05, 4.69) is 11.6 Å². The average Bonchev–Trinajstić information content (AvgIpc) is 2.73. The monoisotopic (exact) mass is 246 g/mol. The van der Waals surface area contributed by atoms with Crippen LogP contribution in [0.3, 0.4) is 0 Å². The molecule has 1 aliphatic carbocycles. The fourth-order valence-electron chi connectivity index (χ4n) is 2.48. The molecule has 16 heavy (non-hydrogen) atoms. The first-order valence-electron chi connectivity index (χ1n) is 6.29. The highest BCUT2D eigenvalue weighted by atomic mass is 32.2. The topological polar surface area (TPSA) is 47.3 Å². The van der Waals surface area contributed by atoms with Gasteiger partial charge in [0.15, 0.2) is 0 Å². The van der Waals surface area contributed by atoms with Crippen LogP contribution in [0.4, 0.5) is 0 Å². The van der Waals surface area contributed by atoms with Crippen molar-refractivity contribution >= 4 is 11.8 Å². The molecular weight excluding hydrogens is 220 g/mol. The molecule has 1 fully saturated rings. The lowest BCUT2D eigenvalue weighted by atomic mass is 10.1. The van der Waals surface area contributed by atoms with E-state index in [1.54, 1.807) is 7.11 Å². The van der Waals surface area contributed by atoms with Gasteiger partial charge in [0, 0.05) is 24.4 Å². The van der Waals surface area contributed by atoms with Gasteiger partial charge in [0.05, 0.1) is 6.61 Å². The smallest absolute Gasteiger partial charge is 0.0615 e. The summed E-state index contributed by atoms with van der Waals surface area (Å²) in [5.41, 5.74) is 5.56. The first-order valence-corrected chi connectivity index (χ1v) is 7.58. The summed E-state index contributed by atoms with van der Waals surface area (Å²) < 4.78 is 5.27. The van der Waals surface area contributed by atoms with Gasteiger partial charge in [-0.3, -0.25) is 0 Å². The Balaban J connectivity index is 2.34. The fraction of sp³-hybridized carbons (Fsp3) is 1.00. The Hall–Kier alpha value is 0.230. The van der Waals surface area contributed by atoms with Gasteiger partial charge in [0.1, 0.15) is 0 Å². The van der Waals surface area contributed by atoms with Crippen LogP contribution < -0.4 is 11.1 Å². The molecule has 3 nitrogen and oxygen atoms in total. The largest absolute Gasteiger partial charge is 0.383 e. The summed E-state index contributed by atoms with van der Waals surface area (Å²) >= 11 is 2.00. The first-order chi connectivity index (χ1) is 7.81. The lowest BCUT2D eigenvalue weighted by molar-refractivity contribution is 0.156. The van der Waals surface area contributed by atoms with Crippen LogP contribution in [0, 0.1) is 0 Å². The van der Waals surface area contributed by atoms with Crippen molar-refractivity contribution in [2.75, 3.05) is 26.5 Å². The van der Waals surface area contributed by atoms with Gasteiger partial charge in [-0.15, -0.1) is 0 Å². The van der Waals surface area contributed by atoms with Crippen molar-refractivity contribution in [1.29, 1.82) is 0 Å². The number of ether oxygens (including phenoxy) is 1. The molecule has 3 atom stereocenters. The molecule has 0 bridgehead atoms. The van der Waals surface area contributed by atoms with Crippen molar-refractivity contribution in [3.8, 4) is 0 Å². The van der Waals surface area contributed by atoms with Crippen LogP contribution in [0.5, 0.6) is 0 Å². The lowest BCUT2D eigenvalue weighted by Gasteiger charge is -2.26. The zero-order valence-electron chi connectivity index (χ0n) is 10.6. The summed E-state index contributed by atoms with van der Waals surface area (Å²) in [5.74, 6) is 0. The number of nitrogens with one attached hydrogen (secondary N) is 1. The minimum absolute atomic E-state index is 0.478. The van der Waals surface area contributed by atoms with Crippen molar-refractivity contribution in [2.45, 2.75) is 49.4 Å². The van der Waals surface area contributed by atoms with Gasteiger partial charge < -0.3 is 15.8 Å². The molecule has 0 spiro atoms. The van der Waals surface area contributed by atoms with Crippen LogP contribution >= 0.6 is 11.8 Å². The van der Waals surface area contributed by atoms with Gasteiger partial charge >= 0.3 is 0 Å². The van der Waals surface area contributed by atoms with E-state index in [0.29, 0.717) is 12.1 Å². The number of hydrogen-bond donors (Lipinski definition) is 2. The van der Waals surface area contributed by atoms with E-state index in [1.165, 1.54) is 19.3 Å². The van der Waals surface area contributed by atoms with Crippen molar-refractivity contribution < 1.29 is 4.74 Å². The molecule has 1 saturated carbocycles. The summed E-state index contributed by atoms with van der Waals surface area (Å²) in [6.07, 6.45) is 8.46. The zero-order chi connectivity index (χ0) is 11.8. The lowest BCUT2D eigenvalue weighted by Crippen LogP contribution is -2.44. The Morgan fingerprint density at radius 2 is 2.31 bits per heavy atom. The summed E-state index contributed by atoms with van der Waals surface area (Å²) in [6.45, 7) is 1.58. The highest BCUT2D eigenvalue weighted by Crippen LogP contribution is 2.28. The van der Waals surface area contributed by atoms with Crippen LogP contribution in [0.1, 0.15) is 32.1 Å². The Labute approximate surface area is 104 Å². The molecule has 0 aromatic heterocycles. The third-order valence-electron chi connectivity index (χ3n) is 3.33. The number of methoxy groups -OCH3 is 1. The van der Waals surface area contributed by atoms with Gasteiger partial charge in [-0.1, -0.05) is 6.42 Å². The van der Waals surface area contributed by atoms with Crippen molar-refractivity contribution in [3.63, 3.8) is 0 Å². The predicted octanol–water partition coefficient (Wildman–Crippen LogP) is 1.61. The van der Waals surface area contributed by atoms with E-state index in [0.717, 1.165) is 31.2 Å². The number of hydrogen-bond acceptors (Lipinski definition) is 4. The van der Waals surface area contributed by atoms with Crippen molar-refractivity contribution in [2.24, 2.45) is 5.73 Å². The highest BCUT2D eigenvalue weighted by molar-refractivity contribution is 7.99. The molecule has 0 aromatic rings. The van der Waals surface area contributed by atoms with Gasteiger partial charge in [0.2, 0.25) is 0 Å². The fourth-order valence-corrected chi connectivity index (χ4v) is 3.43. The third-order valence-corrected chi connectivity index (χ3v) is 4.50. The van der Waals surface area contributed by atoms with Crippen molar-refractivity contribution in [1.82, 2.24) is 5.32 Å². The molecule has 0 aliphatic heterocycles. The average molecular weight is 246 g/mol. The molecule has 4 heteroatoms. The molecule has 0 amide bonds. The molecule has 96 valence electrons. The van der Waals surface area contributed by atoms with Gasteiger partial charge in [-0.05, 0) is 38.5 Å². The Kier molecular flexibility index (Phi) is 7.45. The Bertz CT molecular complexity index is 180. The van der Waals surface area contributed by atoms with Crippen LogP contribution in [0.2, 0.25) is 0 Å². The molecule has 1 aliphatic rings. The van der Waals surface area contributed by atoms with Gasteiger partial charge in [-0.25, -0.2) is 0 Å². The van der Waals surface area contributed by atoms with E-state index in [9.17, 15) is 0 Å². The van der Waals surface area contributed by atoms with E-state index >= 15 is 0 Å². The standard InChI is InChI=1S/C12H26N2OS/c1-15-9-10(5-4-8-13)14-11-6-3-7-12(11)16-2/h10-12,14H,3-9,13H2,1-2H3. The second-order valence-electron chi connectivity index (χ2n) is 4.56. The normalized spacial score (nSPS) is 27.2. The SMILES string of the molecule is COCC(CCCN)NC1CCCC1SC. The minimum Gasteiger partial charge on any atom is -0.383 e. The van der Waals surface area contributed by atoms with Crippen LogP contribution in [-0.2, 0) is 4.74 Å². The molecule has 3 unspecified atom stereocenters. The van der Waals surface area contributed by atoms with E-state index in [-0.39, 0.29) is 0 Å². The number of rotatable bonds is 8. The van der Waals surface area contributed by atoms with Crippen LogP contribution in [-0.4, -0.2) is 43.9 Å². The molecular formula is C12H26N2OS. The molecule has 0 saturated heterocycles.